The van der Waals surface area contributed by atoms with Gasteiger partial charge >= 0.3 is 8.80 Å². The summed E-state index contributed by atoms with van der Waals surface area (Å²) in [6.07, 6.45) is -0.151. The molecule has 0 aromatic heterocycles. The van der Waals surface area contributed by atoms with E-state index in [1.165, 1.54) is 0 Å². The first-order valence-corrected chi connectivity index (χ1v) is 8.59. The molecule has 0 amide bonds. The lowest BCUT2D eigenvalue weighted by atomic mass is 10.3. The Bertz CT molecular complexity index is 328. The molecule has 0 aliphatic heterocycles. The lowest BCUT2D eigenvalue weighted by molar-refractivity contribution is 0.0533. The summed E-state index contributed by atoms with van der Waals surface area (Å²) in [4.78, 5) is 0. The van der Waals surface area contributed by atoms with Crippen LogP contribution in [0.2, 0.25) is 6.55 Å². The van der Waals surface area contributed by atoms with E-state index in [-0.39, 0.29) is 6.23 Å². The monoisotopic (exact) mass is 269 g/mol. The Hall–Kier alpha value is -0.883. The molecule has 1 unspecified atom stereocenters. The van der Waals surface area contributed by atoms with Crippen LogP contribution in [0.25, 0.3) is 0 Å². The highest BCUT2D eigenvalue weighted by atomic mass is 28.4. The van der Waals surface area contributed by atoms with Crippen LogP contribution in [0.1, 0.15) is 20.8 Å². The van der Waals surface area contributed by atoms with Crippen molar-refractivity contribution in [2.45, 2.75) is 33.5 Å². The third-order valence-corrected chi connectivity index (χ3v) is 4.76. The molecule has 0 radical (unpaired) electrons. The summed E-state index contributed by atoms with van der Waals surface area (Å²) in [6, 6.07) is 9.95. The molecule has 1 atom stereocenters. The molecule has 0 spiro atoms. The van der Waals surface area contributed by atoms with Gasteiger partial charge in [-0.2, -0.15) is 0 Å². The van der Waals surface area contributed by atoms with Crippen LogP contribution in [0.4, 0.5) is 5.69 Å². The summed E-state index contributed by atoms with van der Waals surface area (Å²) in [5.41, 5.74) is 1.02. The second-order valence-electron chi connectivity index (χ2n) is 4.00. The molecule has 0 saturated heterocycles. The van der Waals surface area contributed by atoms with Crippen molar-refractivity contribution in [2.75, 3.05) is 18.5 Å². The van der Waals surface area contributed by atoms with E-state index in [0.717, 1.165) is 5.69 Å². The molecule has 0 bridgehead atoms. The topological polar surface area (TPSA) is 39.7 Å². The number of nitrogens with one attached hydrogen (secondary N) is 1. The maximum Gasteiger partial charge on any atom is 0.499 e. The van der Waals surface area contributed by atoms with Crippen LogP contribution in [0, 0.1) is 0 Å². The van der Waals surface area contributed by atoms with Crippen molar-refractivity contribution in [3.63, 3.8) is 0 Å². The van der Waals surface area contributed by atoms with Crippen molar-refractivity contribution >= 4 is 14.5 Å². The first kappa shape index (κ1) is 15.2. The van der Waals surface area contributed by atoms with Crippen molar-refractivity contribution in [3.05, 3.63) is 30.3 Å². The first-order chi connectivity index (χ1) is 8.59. The second-order valence-corrected chi connectivity index (χ2v) is 6.54. The molecule has 0 fully saturated rings. The Morgan fingerprint density at radius 1 is 1.11 bits per heavy atom. The Morgan fingerprint density at radius 2 is 1.67 bits per heavy atom. The largest absolute Gasteiger partial charge is 0.499 e. The molecule has 1 aromatic rings. The van der Waals surface area contributed by atoms with Gasteiger partial charge in [-0.25, -0.2) is 0 Å². The zero-order valence-corrected chi connectivity index (χ0v) is 12.6. The average molecular weight is 269 g/mol. The van der Waals surface area contributed by atoms with Gasteiger partial charge in [0.05, 0.1) is 0 Å². The van der Waals surface area contributed by atoms with Crippen LogP contribution in [-0.4, -0.2) is 28.2 Å². The van der Waals surface area contributed by atoms with Crippen molar-refractivity contribution in [2.24, 2.45) is 0 Å². The molecule has 0 heterocycles. The van der Waals surface area contributed by atoms with Crippen molar-refractivity contribution in [1.82, 2.24) is 0 Å². The van der Waals surface area contributed by atoms with Crippen LogP contribution >= 0.6 is 0 Å². The minimum absolute atomic E-state index is 0.151. The Balaban J connectivity index is 2.53. The third-order valence-electron chi connectivity index (χ3n) is 2.35. The number of benzene rings is 1. The smallest absolute Gasteiger partial charge is 0.374 e. The summed E-state index contributed by atoms with van der Waals surface area (Å²) >= 11 is 0. The molecule has 102 valence electrons. The van der Waals surface area contributed by atoms with E-state index in [2.05, 4.69) is 5.32 Å². The molecule has 1 N–H and O–H groups in total. The molecular formula is C13H23NO3Si. The van der Waals surface area contributed by atoms with E-state index in [9.17, 15) is 0 Å². The van der Waals surface area contributed by atoms with Gasteiger partial charge in [0.1, 0.15) is 6.23 Å². The van der Waals surface area contributed by atoms with E-state index in [4.69, 9.17) is 13.3 Å². The van der Waals surface area contributed by atoms with Gasteiger partial charge in [0.25, 0.3) is 0 Å². The van der Waals surface area contributed by atoms with Gasteiger partial charge in [-0.05, 0) is 32.9 Å². The van der Waals surface area contributed by atoms with Crippen LogP contribution in [0.5, 0.6) is 0 Å². The summed E-state index contributed by atoms with van der Waals surface area (Å²) in [5.74, 6) is 0. The maximum atomic E-state index is 5.91. The van der Waals surface area contributed by atoms with Gasteiger partial charge in [-0.1, -0.05) is 18.2 Å². The molecule has 1 rings (SSSR count). The number of hydrogen-bond donors (Lipinski definition) is 1. The fourth-order valence-corrected chi connectivity index (χ4v) is 3.72. The fourth-order valence-electron chi connectivity index (χ4n) is 1.75. The highest BCUT2D eigenvalue weighted by molar-refractivity contribution is 6.59. The van der Waals surface area contributed by atoms with Crippen molar-refractivity contribution < 1.29 is 13.3 Å². The minimum atomic E-state index is -2.53. The van der Waals surface area contributed by atoms with Gasteiger partial charge in [0, 0.05) is 25.4 Å². The molecule has 1 aromatic carbocycles. The van der Waals surface area contributed by atoms with Crippen LogP contribution in [0.3, 0.4) is 0 Å². The Labute approximate surface area is 111 Å². The predicted molar refractivity (Wildman–Crippen MR) is 75.5 cm³/mol. The van der Waals surface area contributed by atoms with Crippen LogP contribution in [-0.2, 0) is 13.3 Å². The van der Waals surface area contributed by atoms with E-state index in [1.807, 2.05) is 57.7 Å². The zero-order valence-electron chi connectivity index (χ0n) is 11.6. The van der Waals surface area contributed by atoms with Gasteiger partial charge in [0.15, 0.2) is 0 Å². The lowest BCUT2D eigenvalue weighted by Crippen LogP contribution is -2.46. The number of hydrogen-bond acceptors (Lipinski definition) is 4. The number of rotatable bonds is 8. The van der Waals surface area contributed by atoms with Gasteiger partial charge < -0.3 is 18.6 Å². The Kier molecular flexibility index (Phi) is 6.35. The minimum Gasteiger partial charge on any atom is -0.374 e. The van der Waals surface area contributed by atoms with Gasteiger partial charge in [-0.3, -0.25) is 0 Å². The van der Waals surface area contributed by atoms with Crippen LogP contribution in [0.15, 0.2) is 30.3 Å². The zero-order chi connectivity index (χ0) is 13.4. The van der Waals surface area contributed by atoms with Crippen LogP contribution < -0.4 is 5.32 Å². The summed E-state index contributed by atoms with van der Waals surface area (Å²) < 4.78 is 17.2. The normalized spacial score (nSPS) is 13.3. The first-order valence-electron chi connectivity index (χ1n) is 6.37. The summed E-state index contributed by atoms with van der Waals surface area (Å²) in [7, 11) is -2.53. The molecule has 5 heteroatoms. The van der Waals surface area contributed by atoms with Crippen molar-refractivity contribution in [3.8, 4) is 0 Å². The molecule has 0 aliphatic rings. The summed E-state index contributed by atoms with van der Waals surface area (Å²) in [5, 5.41) is 3.27. The van der Waals surface area contributed by atoms with E-state index < -0.39 is 8.80 Å². The quantitative estimate of drug-likeness (QED) is 0.581. The SMILES string of the molecule is CCO[Si](C)(OCC)OC(C)Nc1ccccc1. The van der Waals surface area contributed by atoms with E-state index in [1.54, 1.807) is 0 Å². The van der Waals surface area contributed by atoms with E-state index >= 15 is 0 Å². The molecule has 0 saturated carbocycles. The average Bonchev–Trinajstić information content (AvgIpc) is 2.30. The molecule has 18 heavy (non-hydrogen) atoms. The number of anilines is 1. The Morgan fingerprint density at radius 3 is 2.17 bits per heavy atom. The number of para-hydroxylation sites is 1. The molecule has 0 aliphatic carbocycles. The lowest BCUT2D eigenvalue weighted by Gasteiger charge is -2.29. The standard InChI is InChI=1S/C13H23NO3Si/c1-5-15-18(4,16-6-2)17-12(3)14-13-10-8-7-9-11-13/h7-12,14H,5-6H2,1-4H3. The highest BCUT2D eigenvalue weighted by Gasteiger charge is 2.35. The molecule has 4 nitrogen and oxygen atoms in total. The third kappa shape index (κ3) is 5.18. The highest BCUT2D eigenvalue weighted by Crippen LogP contribution is 2.14. The summed E-state index contributed by atoms with van der Waals surface area (Å²) in [6.45, 7) is 8.97. The molecular weight excluding hydrogens is 246 g/mol. The van der Waals surface area contributed by atoms with E-state index in [0.29, 0.717) is 13.2 Å². The van der Waals surface area contributed by atoms with Crippen molar-refractivity contribution in [1.29, 1.82) is 0 Å². The second kappa shape index (κ2) is 7.53. The maximum absolute atomic E-state index is 5.91. The van der Waals surface area contributed by atoms with Gasteiger partial charge in [0.2, 0.25) is 0 Å². The van der Waals surface area contributed by atoms with Gasteiger partial charge in [-0.15, -0.1) is 0 Å². The predicted octanol–water partition coefficient (Wildman–Crippen LogP) is 3.10. The fraction of sp³-hybridized carbons (Fsp3) is 0.538.